The summed E-state index contributed by atoms with van der Waals surface area (Å²) in [7, 11) is 0. The van der Waals surface area contributed by atoms with Crippen LogP contribution in [0.5, 0.6) is 11.5 Å². The summed E-state index contributed by atoms with van der Waals surface area (Å²) >= 11 is 0. The molecule has 4 aromatic carbocycles. The molecule has 10 heteroatoms. The molecule has 0 aliphatic heterocycles. The standard InChI is InChI=1S/2C14H10N2O3/c2*17-10-4-1-8(2-5-10)13-15-11-6-3-9(14(18)19)7-12(11)16-13/h2*1-7,17H,(H,15,16)(H,18,19). The van der Waals surface area contributed by atoms with Gasteiger partial charge in [0, 0.05) is 11.1 Å². The van der Waals surface area contributed by atoms with Gasteiger partial charge in [-0.15, -0.1) is 0 Å². The number of fused-ring (bicyclic) bond motifs is 2. The van der Waals surface area contributed by atoms with Crippen molar-refractivity contribution in [3.8, 4) is 34.3 Å². The van der Waals surface area contributed by atoms with Crippen molar-refractivity contribution >= 4 is 34.0 Å². The molecule has 0 bridgehead atoms. The highest BCUT2D eigenvalue weighted by Gasteiger charge is 2.10. The summed E-state index contributed by atoms with van der Waals surface area (Å²) in [5.41, 5.74) is 4.82. The first-order valence-corrected chi connectivity index (χ1v) is 11.3. The Balaban J connectivity index is 0.000000155. The number of aromatic nitrogens is 4. The number of nitrogens with zero attached hydrogens (tertiary/aromatic N) is 2. The first-order valence-electron chi connectivity index (χ1n) is 11.3. The molecule has 0 unspecified atom stereocenters. The Kier molecular flexibility index (Phi) is 6.20. The Morgan fingerprint density at radius 1 is 0.553 bits per heavy atom. The second kappa shape index (κ2) is 9.78. The van der Waals surface area contributed by atoms with Gasteiger partial charge in [-0.1, -0.05) is 0 Å². The van der Waals surface area contributed by atoms with Gasteiger partial charge in [-0.25, -0.2) is 19.6 Å². The second-order valence-corrected chi connectivity index (χ2v) is 8.34. The summed E-state index contributed by atoms with van der Waals surface area (Å²) in [5, 5.41) is 36.4. The quantitative estimate of drug-likeness (QED) is 0.187. The number of nitrogens with one attached hydrogen (secondary N) is 2. The lowest BCUT2D eigenvalue weighted by molar-refractivity contribution is 0.0686. The van der Waals surface area contributed by atoms with E-state index in [0.717, 1.165) is 11.1 Å². The van der Waals surface area contributed by atoms with E-state index in [1.807, 2.05) is 0 Å². The van der Waals surface area contributed by atoms with Gasteiger partial charge < -0.3 is 30.4 Å². The SMILES string of the molecule is O=C(O)c1ccc2nc(-c3ccc(O)cc3)[nH]c2c1.O=C(O)c1ccc2nc(-c3ccc(O)cc3)[nH]c2c1. The fourth-order valence-corrected chi connectivity index (χ4v) is 3.80. The Labute approximate surface area is 214 Å². The number of aromatic amines is 2. The minimum Gasteiger partial charge on any atom is -0.508 e. The van der Waals surface area contributed by atoms with Crippen LogP contribution in [0.3, 0.4) is 0 Å². The van der Waals surface area contributed by atoms with Crippen LogP contribution in [-0.4, -0.2) is 52.3 Å². The van der Waals surface area contributed by atoms with Gasteiger partial charge in [-0.3, -0.25) is 0 Å². The van der Waals surface area contributed by atoms with Crippen LogP contribution in [0, 0.1) is 0 Å². The number of rotatable bonds is 4. The molecule has 0 fully saturated rings. The van der Waals surface area contributed by atoms with Crippen LogP contribution in [0.2, 0.25) is 0 Å². The number of H-pyrrole nitrogens is 2. The van der Waals surface area contributed by atoms with Crippen LogP contribution >= 0.6 is 0 Å². The van der Waals surface area contributed by atoms with Crippen LogP contribution in [0.1, 0.15) is 20.7 Å². The third-order valence-corrected chi connectivity index (χ3v) is 5.74. The molecule has 0 saturated carbocycles. The third kappa shape index (κ3) is 5.00. The second-order valence-electron chi connectivity index (χ2n) is 8.34. The highest BCUT2D eigenvalue weighted by atomic mass is 16.4. The number of hydrogen-bond acceptors (Lipinski definition) is 6. The molecule has 0 aliphatic carbocycles. The van der Waals surface area contributed by atoms with Crippen LogP contribution < -0.4 is 0 Å². The minimum atomic E-state index is -0.970. The lowest BCUT2D eigenvalue weighted by Gasteiger charge is -1.96. The van der Waals surface area contributed by atoms with E-state index in [-0.39, 0.29) is 22.6 Å². The Hall–Kier alpha value is -5.64. The number of phenolic OH excluding ortho intramolecular Hbond substituents is 2. The highest BCUT2D eigenvalue weighted by Crippen LogP contribution is 2.24. The maximum atomic E-state index is 10.9. The predicted molar refractivity (Wildman–Crippen MR) is 140 cm³/mol. The van der Waals surface area contributed by atoms with E-state index in [1.54, 1.807) is 72.8 Å². The van der Waals surface area contributed by atoms with E-state index in [0.29, 0.717) is 33.7 Å². The molecule has 0 spiro atoms. The van der Waals surface area contributed by atoms with Crippen molar-refractivity contribution in [2.24, 2.45) is 0 Å². The Bertz CT molecular complexity index is 1650. The lowest BCUT2D eigenvalue weighted by Crippen LogP contribution is -1.94. The van der Waals surface area contributed by atoms with Gasteiger partial charge in [0.25, 0.3) is 0 Å². The van der Waals surface area contributed by atoms with E-state index >= 15 is 0 Å². The maximum absolute atomic E-state index is 10.9. The number of aromatic carboxylic acids is 2. The summed E-state index contributed by atoms with van der Waals surface area (Å²) in [6.07, 6.45) is 0. The number of carboxylic acids is 2. The van der Waals surface area contributed by atoms with Gasteiger partial charge in [0.05, 0.1) is 33.2 Å². The number of aromatic hydroxyl groups is 2. The normalized spacial score (nSPS) is 10.7. The molecular formula is C28H20N4O6. The average Bonchev–Trinajstić information content (AvgIpc) is 3.53. The Morgan fingerprint density at radius 2 is 0.921 bits per heavy atom. The van der Waals surface area contributed by atoms with Gasteiger partial charge in [-0.05, 0) is 84.9 Å². The van der Waals surface area contributed by atoms with E-state index in [4.69, 9.17) is 10.2 Å². The van der Waals surface area contributed by atoms with Crippen LogP contribution in [0.25, 0.3) is 44.8 Å². The molecule has 0 atom stereocenters. The van der Waals surface area contributed by atoms with E-state index < -0.39 is 11.9 Å². The summed E-state index contributed by atoms with van der Waals surface area (Å²) in [4.78, 5) is 36.7. The number of hydrogen-bond donors (Lipinski definition) is 6. The van der Waals surface area contributed by atoms with Gasteiger partial charge in [0.2, 0.25) is 0 Å². The molecular weight excluding hydrogens is 488 g/mol. The number of imidazole rings is 2. The molecule has 6 N–H and O–H groups in total. The third-order valence-electron chi connectivity index (χ3n) is 5.74. The van der Waals surface area contributed by atoms with Crippen molar-refractivity contribution in [2.45, 2.75) is 0 Å². The van der Waals surface area contributed by atoms with Gasteiger partial charge in [0.1, 0.15) is 23.1 Å². The number of carboxylic acid groups (broad SMARTS) is 2. The smallest absolute Gasteiger partial charge is 0.335 e. The lowest BCUT2D eigenvalue weighted by atomic mass is 10.2. The summed E-state index contributed by atoms with van der Waals surface area (Å²) < 4.78 is 0. The van der Waals surface area contributed by atoms with Gasteiger partial charge in [0.15, 0.2) is 0 Å². The highest BCUT2D eigenvalue weighted by molar-refractivity contribution is 5.93. The van der Waals surface area contributed by atoms with Gasteiger partial charge >= 0.3 is 11.9 Å². The van der Waals surface area contributed by atoms with Crippen molar-refractivity contribution in [1.82, 2.24) is 19.9 Å². The summed E-state index contributed by atoms with van der Waals surface area (Å²) in [5.74, 6) is -0.290. The number of carbonyl (C=O) groups is 2. The molecule has 10 nitrogen and oxygen atoms in total. The zero-order valence-electron chi connectivity index (χ0n) is 19.6. The van der Waals surface area contributed by atoms with E-state index in [2.05, 4.69) is 19.9 Å². The fourth-order valence-electron chi connectivity index (χ4n) is 3.80. The minimum absolute atomic E-state index is 0.188. The van der Waals surface area contributed by atoms with Crippen molar-refractivity contribution < 1.29 is 30.0 Å². The molecule has 2 aromatic heterocycles. The predicted octanol–water partition coefficient (Wildman–Crippen LogP) is 5.27. The van der Waals surface area contributed by atoms with E-state index in [1.165, 1.54) is 12.1 Å². The average molecular weight is 508 g/mol. The fraction of sp³-hybridized carbons (Fsp3) is 0. The first-order chi connectivity index (χ1) is 18.3. The molecule has 0 radical (unpaired) electrons. The maximum Gasteiger partial charge on any atom is 0.335 e. The van der Waals surface area contributed by atoms with Crippen molar-refractivity contribution in [3.63, 3.8) is 0 Å². The molecule has 6 rings (SSSR count). The number of benzene rings is 4. The molecule has 0 saturated heterocycles. The molecule has 6 aromatic rings. The molecule has 188 valence electrons. The first kappa shape index (κ1) is 24.1. The van der Waals surface area contributed by atoms with E-state index in [9.17, 15) is 19.8 Å². The summed E-state index contributed by atoms with van der Waals surface area (Å²) in [6.45, 7) is 0. The molecule has 38 heavy (non-hydrogen) atoms. The molecule has 0 aliphatic rings. The molecule has 0 amide bonds. The zero-order valence-corrected chi connectivity index (χ0v) is 19.6. The Morgan fingerprint density at radius 3 is 1.26 bits per heavy atom. The summed E-state index contributed by atoms with van der Waals surface area (Å²) in [6, 6.07) is 22.7. The molecule has 2 heterocycles. The van der Waals surface area contributed by atoms with Gasteiger partial charge in [-0.2, -0.15) is 0 Å². The van der Waals surface area contributed by atoms with Crippen LogP contribution in [0.15, 0.2) is 84.9 Å². The number of phenols is 2. The largest absolute Gasteiger partial charge is 0.508 e. The zero-order chi connectivity index (χ0) is 26.8. The van der Waals surface area contributed by atoms with Crippen LogP contribution in [-0.2, 0) is 0 Å². The topological polar surface area (TPSA) is 172 Å². The van der Waals surface area contributed by atoms with Crippen molar-refractivity contribution in [2.75, 3.05) is 0 Å². The monoisotopic (exact) mass is 508 g/mol. The van der Waals surface area contributed by atoms with Crippen molar-refractivity contribution in [1.29, 1.82) is 0 Å². The van der Waals surface area contributed by atoms with Crippen LogP contribution in [0.4, 0.5) is 0 Å². The van der Waals surface area contributed by atoms with Crippen molar-refractivity contribution in [3.05, 3.63) is 96.1 Å².